The van der Waals surface area contributed by atoms with Gasteiger partial charge in [0.05, 0.1) is 12.8 Å². The zero-order valence-corrected chi connectivity index (χ0v) is 15.7. The second-order valence-electron chi connectivity index (χ2n) is 5.83. The molecule has 1 aromatic heterocycles. The molecular formula is C20H18N4O2S. The molecule has 0 saturated heterocycles. The smallest absolute Gasteiger partial charge is 0.267 e. The number of hydrogen-bond donors (Lipinski definition) is 3. The van der Waals surface area contributed by atoms with Crippen LogP contribution in [0.1, 0.15) is 20.8 Å². The van der Waals surface area contributed by atoms with E-state index in [0.717, 1.165) is 22.6 Å². The summed E-state index contributed by atoms with van der Waals surface area (Å²) >= 11 is 1.15. The summed E-state index contributed by atoms with van der Waals surface area (Å²) in [6, 6.07) is 16.8. The normalized spacial score (nSPS) is 10.1. The molecule has 136 valence electrons. The average molecular weight is 378 g/mol. The summed E-state index contributed by atoms with van der Waals surface area (Å²) in [6.45, 7) is 2.00. The molecule has 0 spiro atoms. The van der Waals surface area contributed by atoms with Gasteiger partial charge in [0.2, 0.25) is 0 Å². The number of amides is 1. The number of nitrogens with one attached hydrogen (secondary N) is 2. The third kappa shape index (κ3) is 4.02. The maximum atomic E-state index is 12.6. The van der Waals surface area contributed by atoms with E-state index in [4.69, 9.17) is 10.5 Å². The summed E-state index contributed by atoms with van der Waals surface area (Å²) < 4.78 is 5.10. The highest BCUT2D eigenvalue weighted by atomic mass is 32.1. The number of thiophene rings is 1. The van der Waals surface area contributed by atoms with E-state index in [1.165, 1.54) is 0 Å². The Balaban J connectivity index is 1.84. The Labute approximate surface area is 161 Å². The van der Waals surface area contributed by atoms with Crippen LogP contribution >= 0.6 is 11.3 Å². The van der Waals surface area contributed by atoms with Gasteiger partial charge in [0.15, 0.2) is 0 Å². The fraction of sp³-hybridized carbons (Fsp3) is 0.100. The number of nitrogens with two attached hydrogens (primary N) is 1. The van der Waals surface area contributed by atoms with E-state index in [1.807, 2.05) is 31.2 Å². The van der Waals surface area contributed by atoms with Crippen LogP contribution < -0.4 is 21.1 Å². The number of carbonyl (C=O) groups is 1. The summed E-state index contributed by atoms with van der Waals surface area (Å²) in [7, 11) is 1.58. The summed E-state index contributed by atoms with van der Waals surface area (Å²) in [5, 5.41) is 15.9. The zero-order chi connectivity index (χ0) is 19.4. The number of nitrogen functional groups attached to an aromatic ring is 1. The molecular weight excluding hydrogens is 360 g/mol. The molecule has 0 fully saturated rings. The van der Waals surface area contributed by atoms with Crippen molar-refractivity contribution in [2.75, 3.05) is 23.5 Å². The van der Waals surface area contributed by atoms with Crippen molar-refractivity contribution in [2.45, 2.75) is 6.92 Å². The van der Waals surface area contributed by atoms with E-state index < -0.39 is 0 Å². The van der Waals surface area contributed by atoms with E-state index in [1.54, 1.807) is 31.4 Å². The van der Waals surface area contributed by atoms with Crippen LogP contribution in [0.25, 0.3) is 0 Å². The molecule has 7 heteroatoms. The Morgan fingerprint density at radius 3 is 2.33 bits per heavy atom. The quantitative estimate of drug-likeness (QED) is 0.606. The number of aryl methyl sites for hydroxylation is 1. The van der Waals surface area contributed by atoms with Gasteiger partial charge in [-0.1, -0.05) is 17.7 Å². The molecule has 4 N–H and O–H groups in total. The minimum Gasteiger partial charge on any atom is -0.497 e. The van der Waals surface area contributed by atoms with Gasteiger partial charge in [0.25, 0.3) is 5.91 Å². The molecule has 3 aromatic rings. The van der Waals surface area contributed by atoms with E-state index in [2.05, 4.69) is 16.7 Å². The van der Waals surface area contributed by atoms with E-state index >= 15 is 0 Å². The highest BCUT2D eigenvalue weighted by Crippen LogP contribution is 2.37. The number of anilines is 4. The first-order valence-electron chi connectivity index (χ1n) is 8.13. The van der Waals surface area contributed by atoms with Crippen molar-refractivity contribution in [2.24, 2.45) is 0 Å². The Hall–Kier alpha value is -3.50. The second-order valence-corrected chi connectivity index (χ2v) is 6.86. The fourth-order valence-corrected chi connectivity index (χ4v) is 3.43. The van der Waals surface area contributed by atoms with Gasteiger partial charge in [-0.25, -0.2) is 0 Å². The summed E-state index contributed by atoms with van der Waals surface area (Å²) in [5.41, 5.74) is 9.06. The van der Waals surface area contributed by atoms with Crippen molar-refractivity contribution in [3.8, 4) is 11.8 Å². The van der Waals surface area contributed by atoms with Gasteiger partial charge in [-0.15, -0.1) is 11.3 Å². The van der Waals surface area contributed by atoms with Crippen LogP contribution in [0.4, 0.5) is 22.1 Å². The van der Waals surface area contributed by atoms with Gasteiger partial charge < -0.3 is 21.1 Å². The molecule has 0 bridgehead atoms. The van der Waals surface area contributed by atoms with E-state index in [-0.39, 0.29) is 22.0 Å². The van der Waals surface area contributed by atoms with E-state index in [0.29, 0.717) is 16.4 Å². The first kappa shape index (κ1) is 18.3. The van der Waals surface area contributed by atoms with E-state index in [9.17, 15) is 10.1 Å². The predicted octanol–water partition coefficient (Wildman–Crippen LogP) is 4.51. The summed E-state index contributed by atoms with van der Waals surface area (Å²) in [5.74, 6) is 0.330. The predicted molar refractivity (Wildman–Crippen MR) is 109 cm³/mol. The van der Waals surface area contributed by atoms with Gasteiger partial charge in [-0.3, -0.25) is 4.79 Å². The topological polar surface area (TPSA) is 100 Å². The lowest BCUT2D eigenvalue weighted by molar-refractivity contribution is 0.103. The van der Waals surface area contributed by atoms with Crippen LogP contribution in [0, 0.1) is 18.3 Å². The molecule has 2 aromatic carbocycles. The molecule has 27 heavy (non-hydrogen) atoms. The van der Waals surface area contributed by atoms with Crippen LogP contribution in [0.15, 0.2) is 48.5 Å². The molecule has 0 saturated carbocycles. The molecule has 6 nitrogen and oxygen atoms in total. The van der Waals surface area contributed by atoms with Crippen molar-refractivity contribution >= 4 is 39.3 Å². The Morgan fingerprint density at radius 1 is 1.11 bits per heavy atom. The average Bonchev–Trinajstić information content (AvgIpc) is 2.99. The Bertz CT molecular complexity index is 1000. The molecule has 0 atom stereocenters. The van der Waals surface area contributed by atoms with Gasteiger partial charge in [-0.05, 0) is 43.3 Å². The van der Waals surface area contributed by atoms with Gasteiger partial charge in [0, 0.05) is 11.4 Å². The van der Waals surface area contributed by atoms with Crippen LogP contribution in [-0.4, -0.2) is 13.0 Å². The first-order valence-corrected chi connectivity index (χ1v) is 8.95. The standard InChI is InChI=1S/C20H18N4O2S/c1-12-3-5-14(6-4-12)24-20-16(11-21)17(22)18(27-20)19(25)23-13-7-9-15(26-2)10-8-13/h3-10,24H,22H2,1-2H3,(H,23,25). The van der Waals surface area contributed by atoms with Crippen LogP contribution in [-0.2, 0) is 0 Å². The molecule has 0 unspecified atom stereocenters. The molecule has 0 aliphatic heterocycles. The Morgan fingerprint density at radius 2 is 1.74 bits per heavy atom. The second kappa shape index (κ2) is 7.81. The highest BCUT2D eigenvalue weighted by Gasteiger charge is 2.21. The molecule has 0 aliphatic rings. The van der Waals surface area contributed by atoms with Crippen molar-refractivity contribution in [1.29, 1.82) is 5.26 Å². The number of hydrogen-bond acceptors (Lipinski definition) is 6. The molecule has 1 amide bonds. The molecule has 3 rings (SSSR count). The minimum atomic E-state index is -0.365. The number of methoxy groups -OCH3 is 1. The molecule has 1 heterocycles. The molecule has 0 aliphatic carbocycles. The maximum Gasteiger partial charge on any atom is 0.267 e. The van der Waals surface area contributed by atoms with Crippen LogP contribution in [0.5, 0.6) is 5.75 Å². The van der Waals surface area contributed by atoms with Gasteiger partial charge in [-0.2, -0.15) is 5.26 Å². The lowest BCUT2D eigenvalue weighted by Crippen LogP contribution is -2.12. The van der Waals surface area contributed by atoms with Crippen molar-refractivity contribution in [1.82, 2.24) is 0 Å². The third-order valence-electron chi connectivity index (χ3n) is 3.92. The number of nitriles is 1. The zero-order valence-electron chi connectivity index (χ0n) is 14.9. The Kier molecular flexibility index (Phi) is 5.29. The number of ether oxygens (including phenoxy) is 1. The number of carbonyl (C=O) groups excluding carboxylic acids is 1. The van der Waals surface area contributed by atoms with Crippen molar-refractivity contribution < 1.29 is 9.53 Å². The fourth-order valence-electron chi connectivity index (χ4n) is 2.44. The summed E-state index contributed by atoms with van der Waals surface area (Å²) in [6.07, 6.45) is 0. The third-order valence-corrected chi connectivity index (χ3v) is 5.04. The number of rotatable bonds is 5. The number of benzene rings is 2. The van der Waals surface area contributed by atoms with Gasteiger partial charge >= 0.3 is 0 Å². The van der Waals surface area contributed by atoms with Crippen LogP contribution in [0.3, 0.4) is 0 Å². The van der Waals surface area contributed by atoms with Gasteiger partial charge in [0.1, 0.15) is 27.3 Å². The van der Waals surface area contributed by atoms with Crippen LogP contribution in [0.2, 0.25) is 0 Å². The summed E-state index contributed by atoms with van der Waals surface area (Å²) in [4.78, 5) is 12.9. The monoisotopic (exact) mass is 378 g/mol. The first-order chi connectivity index (χ1) is 13.0. The molecule has 0 radical (unpaired) electrons. The SMILES string of the molecule is COc1ccc(NC(=O)c2sc(Nc3ccc(C)cc3)c(C#N)c2N)cc1. The number of nitrogens with zero attached hydrogens (tertiary/aromatic N) is 1. The highest BCUT2D eigenvalue weighted by molar-refractivity contribution is 7.19. The van der Waals surface area contributed by atoms with Crippen molar-refractivity contribution in [3.63, 3.8) is 0 Å². The van der Waals surface area contributed by atoms with Crippen molar-refractivity contribution in [3.05, 3.63) is 64.5 Å². The maximum absolute atomic E-state index is 12.6. The minimum absolute atomic E-state index is 0.170. The lowest BCUT2D eigenvalue weighted by atomic mass is 10.2. The largest absolute Gasteiger partial charge is 0.497 e. The lowest BCUT2D eigenvalue weighted by Gasteiger charge is -2.05.